The molecule has 0 aliphatic carbocycles. The summed E-state index contributed by atoms with van der Waals surface area (Å²) < 4.78 is 5.43. The highest BCUT2D eigenvalue weighted by molar-refractivity contribution is 4.83. The van der Waals surface area contributed by atoms with Crippen LogP contribution < -0.4 is 5.32 Å². The molecule has 0 amide bonds. The van der Waals surface area contributed by atoms with Gasteiger partial charge in [0.05, 0.1) is 6.10 Å². The summed E-state index contributed by atoms with van der Waals surface area (Å²) in [6.07, 6.45) is 3.96. The third-order valence-electron chi connectivity index (χ3n) is 1.70. The van der Waals surface area contributed by atoms with Crippen molar-refractivity contribution in [2.45, 2.75) is 46.1 Å². The van der Waals surface area contributed by atoms with Crippen molar-refractivity contribution in [3.8, 4) is 0 Å². The van der Waals surface area contributed by atoms with Crippen LogP contribution in [0.15, 0.2) is 12.3 Å². The lowest BCUT2D eigenvalue weighted by Gasteiger charge is -2.07. The smallest absolute Gasteiger partial charge is 0.0518 e. The molecular formula is C11H23NO. The predicted octanol–water partition coefficient (Wildman–Crippen LogP) is 2.70. The molecule has 2 heteroatoms. The molecule has 1 N–H and O–H groups in total. The number of allylic oxidation sites excluding steroid dienone is 1. The number of nitrogens with one attached hydrogen (secondary N) is 1. The van der Waals surface area contributed by atoms with Crippen molar-refractivity contribution in [2.24, 2.45) is 0 Å². The molecule has 0 fully saturated rings. The highest BCUT2D eigenvalue weighted by Crippen LogP contribution is 1.97. The van der Waals surface area contributed by atoms with Gasteiger partial charge in [0, 0.05) is 18.8 Å². The SMILES string of the molecule is C=C(C)NCCCCCOC(C)C. The van der Waals surface area contributed by atoms with Crippen LogP contribution in [0.3, 0.4) is 0 Å². The summed E-state index contributed by atoms with van der Waals surface area (Å²) in [5.74, 6) is 0. The first-order valence-corrected chi connectivity index (χ1v) is 5.14. The van der Waals surface area contributed by atoms with Gasteiger partial charge in [0.2, 0.25) is 0 Å². The largest absolute Gasteiger partial charge is 0.389 e. The molecule has 0 unspecified atom stereocenters. The van der Waals surface area contributed by atoms with Gasteiger partial charge in [-0.3, -0.25) is 0 Å². The molecule has 13 heavy (non-hydrogen) atoms. The van der Waals surface area contributed by atoms with E-state index in [4.69, 9.17) is 4.74 Å². The minimum atomic E-state index is 0.369. The Balaban J connectivity index is 2.96. The van der Waals surface area contributed by atoms with E-state index in [1.165, 1.54) is 12.8 Å². The maximum absolute atomic E-state index is 5.43. The van der Waals surface area contributed by atoms with Gasteiger partial charge >= 0.3 is 0 Å². The van der Waals surface area contributed by atoms with Crippen LogP contribution in [-0.2, 0) is 4.74 Å². The molecule has 0 aliphatic heterocycles. The van der Waals surface area contributed by atoms with E-state index in [0.29, 0.717) is 6.10 Å². The molecule has 0 aromatic rings. The first-order chi connectivity index (χ1) is 6.13. The zero-order valence-corrected chi connectivity index (χ0v) is 9.23. The Bertz CT molecular complexity index is 132. The summed E-state index contributed by atoms with van der Waals surface area (Å²) in [4.78, 5) is 0. The first-order valence-electron chi connectivity index (χ1n) is 5.14. The van der Waals surface area contributed by atoms with E-state index in [0.717, 1.165) is 25.3 Å². The van der Waals surface area contributed by atoms with Gasteiger partial charge in [0.1, 0.15) is 0 Å². The molecule has 0 bridgehead atoms. The minimum absolute atomic E-state index is 0.369. The minimum Gasteiger partial charge on any atom is -0.389 e. The molecule has 0 heterocycles. The van der Waals surface area contributed by atoms with Gasteiger partial charge in [-0.25, -0.2) is 0 Å². The molecule has 0 saturated heterocycles. The van der Waals surface area contributed by atoms with Crippen molar-refractivity contribution >= 4 is 0 Å². The van der Waals surface area contributed by atoms with E-state index >= 15 is 0 Å². The molecule has 0 atom stereocenters. The maximum Gasteiger partial charge on any atom is 0.0518 e. The average molecular weight is 185 g/mol. The van der Waals surface area contributed by atoms with Crippen LogP contribution >= 0.6 is 0 Å². The van der Waals surface area contributed by atoms with Gasteiger partial charge in [-0.05, 0) is 40.0 Å². The predicted molar refractivity (Wildman–Crippen MR) is 57.8 cm³/mol. The standard InChI is InChI=1S/C11H23NO/c1-10(2)12-8-6-5-7-9-13-11(3)4/h11-12H,1,5-9H2,2-4H3. The second kappa shape index (κ2) is 8.11. The van der Waals surface area contributed by atoms with Crippen LogP contribution in [0.4, 0.5) is 0 Å². The third kappa shape index (κ3) is 11.5. The van der Waals surface area contributed by atoms with Crippen molar-refractivity contribution in [2.75, 3.05) is 13.2 Å². The molecule has 2 nitrogen and oxygen atoms in total. The molecule has 0 aliphatic rings. The molecule has 0 saturated carbocycles. The number of hydrogen-bond donors (Lipinski definition) is 1. The van der Waals surface area contributed by atoms with E-state index in [1.807, 2.05) is 6.92 Å². The number of hydrogen-bond acceptors (Lipinski definition) is 2. The molecule has 0 spiro atoms. The number of unbranched alkanes of at least 4 members (excludes halogenated alkanes) is 2. The number of ether oxygens (including phenoxy) is 1. The van der Waals surface area contributed by atoms with E-state index in [2.05, 4.69) is 25.7 Å². The van der Waals surface area contributed by atoms with Crippen LogP contribution in [-0.4, -0.2) is 19.3 Å². The fourth-order valence-electron chi connectivity index (χ4n) is 1.02. The second-order valence-corrected chi connectivity index (χ2v) is 3.69. The van der Waals surface area contributed by atoms with Crippen molar-refractivity contribution in [1.29, 1.82) is 0 Å². The molecule has 0 aromatic carbocycles. The Labute approximate surface area is 82.4 Å². The van der Waals surface area contributed by atoms with Gasteiger partial charge in [0.25, 0.3) is 0 Å². The van der Waals surface area contributed by atoms with Crippen molar-refractivity contribution < 1.29 is 4.74 Å². The van der Waals surface area contributed by atoms with Crippen molar-refractivity contribution in [3.05, 3.63) is 12.3 Å². The number of rotatable bonds is 8. The molecular weight excluding hydrogens is 162 g/mol. The molecule has 0 aromatic heterocycles. The molecule has 78 valence electrons. The lowest BCUT2D eigenvalue weighted by molar-refractivity contribution is 0.0758. The van der Waals surface area contributed by atoms with Gasteiger partial charge in [-0.2, -0.15) is 0 Å². The molecule has 0 radical (unpaired) electrons. The fraction of sp³-hybridized carbons (Fsp3) is 0.818. The Hall–Kier alpha value is -0.500. The quantitative estimate of drug-likeness (QED) is 0.587. The molecule has 0 rings (SSSR count). The lowest BCUT2D eigenvalue weighted by atomic mass is 10.2. The van der Waals surface area contributed by atoms with Gasteiger partial charge in [-0.1, -0.05) is 6.58 Å². The summed E-state index contributed by atoms with van der Waals surface area (Å²) in [7, 11) is 0. The van der Waals surface area contributed by atoms with Crippen LogP contribution in [0.5, 0.6) is 0 Å². The van der Waals surface area contributed by atoms with Crippen molar-refractivity contribution in [1.82, 2.24) is 5.32 Å². The van der Waals surface area contributed by atoms with Gasteiger partial charge in [-0.15, -0.1) is 0 Å². The van der Waals surface area contributed by atoms with E-state index < -0.39 is 0 Å². The Morgan fingerprint density at radius 1 is 1.31 bits per heavy atom. The Kier molecular flexibility index (Phi) is 7.80. The normalized spacial score (nSPS) is 10.5. The Morgan fingerprint density at radius 3 is 2.54 bits per heavy atom. The maximum atomic E-state index is 5.43. The monoisotopic (exact) mass is 185 g/mol. The van der Waals surface area contributed by atoms with Crippen LogP contribution in [0.25, 0.3) is 0 Å². The summed E-state index contributed by atoms with van der Waals surface area (Å²) in [6, 6.07) is 0. The Morgan fingerprint density at radius 2 is 2.00 bits per heavy atom. The van der Waals surface area contributed by atoms with E-state index in [9.17, 15) is 0 Å². The van der Waals surface area contributed by atoms with E-state index in [1.54, 1.807) is 0 Å². The van der Waals surface area contributed by atoms with Crippen LogP contribution in [0.2, 0.25) is 0 Å². The van der Waals surface area contributed by atoms with E-state index in [-0.39, 0.29) is 0 Å². The fourth-order valence-corrected chi connectivity index (χ4v) is 1.02. The van der Waals surface area contributed by atoms with Crippen LogP contribution in [0, 0.1) is 0 Å². The topological polar surface area (TPSA) is 21.3 Å². The summed E-state index contributed by atoms with van der Waals surface area (Å²) >= 11 is 0. The van der Waals surface area contributed by atoms with Crippen molar-refractivity contribution in [3.63, 3.8) is 0 Å². The average Bonchev–Trinajstić information content (AvgIpc) is 2.01. The summed E-state index contributed by atoms with van der Waals surface area (Å²) in [6.45, 7) is 11.8. The summed E-state index contributed by atoms with van der Waals surface area (Å²) in [5.41, 5.74) is 1.05. The lowest BCUT2D eigenvalue weighted by Crippen LogP contribution is -2.11. The highest BCUT2D eigenvalue weighted by atomic mass is 16.5. The third-order valence-corrected chi connectivity index (χ3v) is 1.70. The van der Waals surface area contributed by atoms with Crippen LogP contribution in [0.1, 0.15) is 40.0 Å². The zero-order chi connectivity index (χ0) is 10.1. The van der Waals surface area contributed by atoms with Gasteiger partial charge < -0.3 is 10.1 Å². The second-order valence-electron chi connectivity index (χ2n) is 3.69. The first kappa shape index (κ1) is 12.5. The highest BCUT2D eigenvalue weighted by Gasteiger charge is 1.93. The summed E-state index contributed by atoms with van der Waals surface area (Å²) in [5, 5.41) is 3.21. The van der Waals surface area contributed by atoms with Gasteiger partial charge in [0.15, 0.2) is 0 Å². The zero-order valence-electron chi connectivity index (χ0n) is 9.23.